The first-order valence-corrected chi connectivity index (χ1v) is 7.59. The van der Waals surface area contributed by atoms with Crippen LogP contribution in [0.25, 0.3) is 0 Å². The molecular formula is C18H20ClNO2. The van der Waals surface area contributed by atoms with E-state index in [1.165, 1.54) is 0 Å². The van der Waals surface area contributed by atoms with Gasteiger partial charge in [-0.1, -0.05) is 41.9 Å². The van der Waals surface area contributed by atoms with Gasteiger partial charge in [0.25, 0.3) is 5.91 Å². The summed E-state index contributed by atoms with van der Waals surface area (Å²) in [5.74, 6) is 0.564. The molecule has 22 heavy (non-hydrogen) atoms. The fourth-order valence-corrected chi connectivity index (χ4v) is 2.49. The van der Waals surface area contributed by atoms with E-state index in [-0.39, 0.29) is 18.6 Å². The number of amides is 1. The van der Waals surface area contributed by atoms with E-state index < -0.39 is 0 Å². The van der Waals surface area contributed by atoms with Crippen molar-refractivity contribution in [2.45, 2.75) is 26.8 Å². The zero-order valence-electron chi connectivity index (χ0n) is 13.0. The fraction of sp³-hybridized carbons (Fsp3) is 0.278. The summed E-state index contributed by atoms with van der Waals surface area (Å²) in [6.07, 6.45) is 0. The van der Waals surface area contributed by atoms with E-state index in [2.05, 4.69) is 5.32 Å². The van der Waals surface area contributed by atoms with Crippen LogP contribution < -0.4 is 10.1 Å². The van der Waals surface area contributed by atoms with Gasteiger partial charge in [0.2, 0.25) is 0 Å². The highest BCUT2D eigenvalue weighted by Gasteiger charge is 2.13. The molecule has 0 bridgehead atoms. The van der Waals surface area contributed by atoms with E-state index in [1.807, 2.05) is 63.2 Å². The van der Waals surface area contributed by atoms with Crippen LogP contribution in [0.3, 0.4) is 0 Å². The third-order valence-corrected chi connectivity index (χ3v) is 3.80. The van der Waals surface area contributed by atoms with Crippen LogP contribution in [-0.4, -0.2) is 12.5 Å². The number of benzene rings is 2. The number of aryl methyl sites for hydroxylation is 2. The van der Waals surface area contributed by atoms with Gasteiger partial charge in [0.1, 0.15) is 5.75 Å². The first-order valence-electron chi connectivity index (χ1n) is 7.21. The molecular weight excluding hydrogens is 298 g/mol. The molecule has 0 heterocycles. The van der Waals surface area contributed by atoms with Crippen LogP contribution in [0.2, 0.25) is 5.02 Å². The second-order valence-electron chi connectivity index (χ2n) is 5.37. The highest BCUT2D eigenvalue weighted by Crippen LogP contribution is 2.22. The minimum atomic E-state index is -0.173. The Morgan fingerprint density at radius 1 is 1.23 bits per heavy atom. The van der Waals surface area contributed by atoms with Crippen molar-refractivity contribution in [1.82, 2.24) is 5.32 Å². The number of halogens is 1. The quantitative estimate of drug-likeness (QED) is 0.897. The topological polar surface area (TPSA) is 38.3 Å². The lowest BCUT2D eigenvalue weighted by Crippen LogP contribution is -2.31. The molecule has 1 unspecified atom stereocenters. The highest BCUT2D eigenvalue weighted by atomic mass is 35.5. The van der Waals surface area contributed by atoms with Gasteiger partial charge in [0, 0.05) is 5.02 Å². The van der Waals surface area contributed by atoms with E-state index in [1.54, 1.807) is 0 Å². The van der Waals surface area contributed by atoms with Crippen molar-refractivity contribution >= 4 is 17.5 Å². The average Bonchev–Trinajstić information content (AvgIpc) is 2.48. The van der Waals surface area contributed by atoms with Gasteiger partial charge in [0.15, 0.2) is 6.61 Å². The van der Waals surface area contributed by atoms with Crippen LogP contribution in [0.5, 0.6) is 5.75 Å². The van der Waals surface area contributed by atoms with Crippen molar-refractivity contribution in [3.05, 3.63) is 64.2 Å². The lowest BCUT2D eigenvalue weighted by molar-refractivity contribution is -0.123. The zero-order chi connectivity index (χ0) is 16.1. The molecule has 0 saturated carbocycles. The molecule has 2 aromatic carbocycles. The van der Waals surface area contributed by atoms with E-state index in [0.29, 0.717) is 5.02 Å². The number of ether oxygens (including phenoxy) is 1. The number of hydrogen-bond donors (Lipinski definition) is 1. The lowest BCUT2D eigenvalue weighted by atomic mass is 10.1. The van der Waals surface area contributed by atoms with E-state index in [9.17, 15) is 4.79 Å². The Balaban J connectivity index is 1.93. The molecule has 0 spiro atoms. The Labute approximate surface area is 136 Å². The second kappa shape index (κ2) is 7.32. The maximum absolute atomic E-state index is 12.0. The van der Waals surface area contributed by atoms with Gasteiger partial charge in [0.05, 0.1) is 6.04 Å². The standard InChI is InChI=1S/C18H20ClNO2/c1-12-8-9-13(2)17(10-12)22-11-18(21)20-14(3)15-6-4-5-7-16(15)19/h4-10,14H,11H2,1-3H3,(H,20,21). The van der Waals surface area contributed by atoms with Gasteiger partial charge >= 0.3 is 0 Å². The van der Waals surface area contributed by atoms with Gasteiger partial charge in [-0.25, -0.2) is 0 Å². The highest BCUT2D eigenvalue weighted by molar-refractivity contribution is 6.31. The third-order valence-electron chi connectivity index (χ3n) is 3.45. The summed E-state index contributed by atoms with van der Waals surface area (Å²) in [5, 5.41) is 3.54. The summed E-state index contributed by atoms with van der Waals surface area (Å²) in [4.78, 5) is 12.0. The largest absolute Gasteiger partial charge is 0.483 e. The fourth-order valence-electron chi connectivity index (χ4n) is 2.19. The predicted octanol–water partition coefficient (Wildman–Crippen LogP) is 4.21. The molecule has 2 aromatic rings. The molecule has 0 radical (unpaired) electrons. The van der Waals surface area contributed by atoms with Crippen molar-refractivity contribution in [1.29, 1.82) is 0 Å². The van der Waals surface area contributed by atoms with Gasteiger partial charge in [-0.15, -0.1) is 0 Å². The molecule has 0 aliphatic rings. The summed E-state index contributed by atoms with van der Waals surface area (Å²) in [6.45, 7) is 5.83. The Morgan fingerprint density at radius 3 is 2.68 bits per heavy atom. The molecule has 1 N–H and O–H groups in total. The molecule has 0 fully saturated rings. The number of nitrogens with one attached hydrogen (secondary N) is 1. The number of hydrogen-bond acceptors (Lipinski definition) is 2. The minimum absolute atomic E-state index is 0.0148. The zero-order valence-corrected chi connectivity index (χ0v) is 13.8. The number of rotatable bonds is 5. The average molecular weight is 318 g/mol. The first kappa shape index (κ1) is 16.4. The van der Waals surface area contributed by atoms with E-state index in [0.717, 1.165) is 22.4 Å². The van der Waals surface area contributed by atoms with Gasteiger partial charge in [-0.3, -0.25) is 4.79 Å². The Kier molecular flexibility index (Phi) is 5.45. The molecule has 4 heteroatoms. The van der Waals surface area contributed by atoms with Crippen molar-refractivity contribution in [3.8, 4) is 5.75 Å². The second-order valence-corrected chi connectivity index (χ2v) is 5.78. The van der Waals surface area contributed by atoms with Gasteiger partial charge < -0.3 is 10.1 Å². The van der Waals surface area contributed by atoms with Crippen molar-refractivity contribution < 1.29 is 9.53 Å². The molecule has 0 aliphatic carbocycles. The molecule has 0 saturated heterocycles. The van der Waals surface area contributed by atoms with Crippen LogP contribution in [-0.2, 0) is 4.79 Å². The van der Waals surface area contributed by atoms with Crippen molar-refractivity contribution in [3.63, 3.8) is 0 Å². The summed E-state index contributed by atoms with van der Waals surface area (Å²) >= 11 is 6.13. The molecule has 1 amide bonds. The first-order chi connectivity index (χ1) is 10.5. The van der Waals surface area contributed by atoms with E-state index >= 15 is 0 Å². The molecule has 2 rings (SSSR count). The molecule has 116 valence electrons. The Bertz CT molecular complexity index is 670. The molecule has 0 aliphatic heterocycles. The molecule has 0 aromatic heterocycles. The Morgan fingerprint density at radius 2 is 1.95 bits per heavy atom. The van der Waals surface area contributed by atoms with Crippen LogP contribution in [0.15, 0.2) is 42.5 Å². The number of carbonyl (C=O) groups excluding carboxylic acids is 1. The maximum atomic E-state index is 12.0. The lowest BCUT2D eigenvalue weighted by Gasteiger charge is -2.16. The van der Waals surface area contributed by atoms with Gasteiger partial charge in [-0.05, 0) is 49.6 Å². The summed E-state index contributed by atoms with van der Waals surface area (Å²) in [5.41, 5.74) is 3.01. The SMILES string of the molecule is Cc1ccc(C)c(OCC(=O)NC(C)c2ccccc2Cl)c1. The van der Waals surface area contributed by atoms with Crippen molar-refractivity contribution in [2.24, 2.45) is 0 Å². The minimum Gasteiger partial charge on any atom is -0.483 e. The monoisotopic (exact) mass is 317 g/mol. The summed E-state index contributed by atoms with van der Waals surface area (Å²) < 4.78 is 5.60. The summed E-state index contributed by atoms with van der Waals surface area (Å²) in [6, 6.07) is 13.2. The summed E-state index contributed by atoms with van der Waals surface area (Å²) in [7, 11) is 0. The Hall–Kier alpha value is -2.00. The van der Waals surface area contributed by atoms with Crippen molar-refractivity contribution in [2.75, 3.05) is 6.61 Å². The maximum Gasteiger partial charge on any atom is 0.258 e. The number of carbonyl (C=O) groups is 1. The molecule has 3 nitrogen and oxygen atoms in total. The van der Waals surface area contributed by atoms with E-state index in [4.69, 9.17) is 16.3 Å². The van der Waals surface area contributed by atoms with Crippen LogP contribution in [0.1, 0.15) is 29.7 Å². The van der Waals surface area contributed by atoms with Crippen LogP contribution in [0, 0.1) is 13.8 Å². The third kappa shape index (κ3) is 4.25. The predicted molar refractivity (Wildman–Crippen MR) is 89.4 cm³/mol. The van der Waals surface area contributed by atoms with Gasteiger partial charge in [-0.2, -0.15) is 0 Å². The van der Waals surface area contributed by atoms with Crippen LogP contribution in [0.4, 0.5) is 0 Å². The van der Waals surface area contributed by atoms with Crippen LogP contribution >= 0.6 is 11.6 Å². The smallest absolute Gasteiger partial charge is 0.258 e. The molecule has 1 atom stereocenters. The normalized spacial score (nSPS) is 11.8.